The number of rotatable bonds is 8. The lowest BCUT2D eigenvalue weighted by molar-refractivity contribution is -0.140. The molecule has 0 fully saturated rings. The molecule has 2 amide bonds. The van der Waals surface area contributed by atoms with E-state index in [9.17, 15) is 9.59 Å². The lowest BCUT2D eigenvalue weighted by Crippen LogP contribution is -2.49. The van der Waals surface area contributed by atoms with Crippen molar-refractivity contribution in [3.63, 3.8) is 0 Å². The van der Waals surface area contributed by atoms with E-state index in [-0.39, 0.29) is 17.9 Å². The topological polar surface area (TPSA) is 49.4 Å². The van der Waals surface area contributed by atoms with Crippen LogP contribution in [0.4, 0.5) is 0 Å². The zero-order chi connectivity index (χ0) is 15.7. The molecule has 0 aromatic heterocycles. The summed E-state index contributed by atoms with van der Waals surface area (Å²) >= 11 is 0. The number of amides is 2. The number of carbonyl (C=O) groups is 2. The SMILES string of the molecule is CCCC(=O)N(CCc1ccccc1)[C@@H](CC)C(=O)NC. The van der Waals surface area contributed by atoms with E-state index in [2.05, 4.69) is 5.32 Å². The Hall–Kier alpha value is -1.84. The maximum atomic E-state index is 12.3. The summed E-state index contributed by atoms with van der Waals surface area (Å²) in [4.78, 5) is 26.1. The number of likely N-dealkylation sites (N-methyl/N-ethyl adjacent to an activating group) is 1. The van der Waals surface area contributed by atoms with Crippen LogP contribution in [-0.4, -0.2) is 36.3 Å². The number of carbonyl (C=O) groups excluding carboxylic acids is 2. The number of benzene rings is 1. The fraction of sp³-hybridized carbons (Fsp3) is 0.529. The van der Waals surface area contributed by atoms with Crippen LogP contribution in [0, 0.1) is 0 Å². The molecule has 0 aliphatic heterocycles. The van der Waals surface area contributed by atoms with Crippen LogP contribution in [0.25, 0.3) is 0 Å². The van der Waals surface area contributed by atoms with E-state index in [1.54, 1.807) is 11.9 Å². The van der Waals surface area contributed by atoms with E-state index < -0.39 is 0 Å². The monoisotopic (exact) mass is 290 g/mol. The molecular weight excluding hydrogens is 264 g/mol. The van der Waals surface area contributed by atoms with Crippen LogP contribution in [0.1, 0.15) is 38.7 Å². The van der Waals surface area contributed by atoms with E-state index in [1.807, 2.05) is 44.2 Å². The molecule has 0 spiro atoms. The Bertz CT molecular complexity index is 445. The summed E-state index contributed by atoms with van der Waals surface area (Å²) in [6, 6.07) is 9.67. The first-order valence-corrected chi connectivity index (χ1v) is 7.69. The number of nitrogens with one attached hydrogen (secondary N) is 1. The van der Waals surface area contributed by atoms with E-state index in [0.717, 1.165) is 12.8 Å². The van der Waals surface area contributed by atoms with Gasteiger partial charge in [0.05, 0.1) is 0 Å². The van der Waals surface area contributed by atoms with Crippen LogP contribution in [-0.2, 0) is 16.0 Å². The van der Waals surface area contributed by atoms with Crippen molar-refractivity contribution in [2.24, 2.45) is 0 Å². The van der Waals surface area contributed by atoms with Crippen LogP contribution in [0.15, 0.2) is 30.3 Å². The molecule has 116 valence electrons. The summed E-state index contributed by atoms with van der Waals surface area (Å²) < 4.78 is 0. The maximum absolute atomic E-state index is 12.3. The quantitative estimate of drug-likeness (QED) is 0.799. The molecule has 1 aromatic carbocycles. The molecule has 0 saturated heterocycles. The standard InChI is InChI=1S/C17H26N2O2/c1-4-9-16(20)19(15(5-2)17(21)18-3)13-12-14-10-7-6-8-11-14/h6-8,10-11,15H,4-5,9,12-13H2,1-3H3,(H,18,21)/t15-/m0/s1. The van der Waals surface area contributed by atoms with Crippen molar-refractivity contribution in [1.29, 1.82) is 0 Å². The number of hydrogen-bond acceptors (Lipinski definition) is 2. The van der Waals surface area contributed by atoms with Crippen LogP contribution in [0.2, 0.25) is 0 Å². The second-order valence-electron chi connectivity index (χ2n) is 5.11. The minimum atomic E-state index is -0.377. The summed E-state index contributed by atoms with van der Waals surface area (Å²) in [5, 5.41) is 2.66. The molecule has 0 aliphatic carbocycles. The summed E-state index contributed by atoms with van der Waals surface area (Å²) in [6.07, 6.45) is 2.68. The Morgan fingerprint density at radius 2 is 1.86 bits per heavy atom. The molecule has 1 atom stereocenters. The third kappa shape index (κ3) is 5.21. The Morgan fingerprint density at radius 3 is 2.38 bits per heavy atom. The van der Waals surface area contributed by atoms with Gasteiger partial charge in [-0.1, -0.05) is 44.2 Å². The van der Waals surface area contributed by atoms with Gasteiger partial charge < -0.3 is 10.2 Å². The van der Waals surface area contributed by atoms with Crippen molar-refractivity contribution in [2.45, 2.75) is 45.6 Å². The lowest BCUT2D eigenvalue weighted by atomic mass is 10.1. The highest BCUT2D eigenvalue weighted by molar-refractivity contribution is 5.87. The fourth-order valence-corrected chi connectivity index (χ4v) is 2.42. The molecule has 0 unspecified atom stereocenters. The maximum Gasteiger partial charge on any atom is 0.242 e. The van der Waals surface area contributed by atoms with Crippen LogP contribution in [0.5, 0.6) is 0 Å². The minimum absolute atomic E-state index is 0.0591. The van der Waals surface area contributed by atoms with E-state index >= 15 is 0 Å². The molecule has 4 heteroatoms. The average molecular weight is 290 g/mol. The third-order valence-corrected chi connectivity index (χ3v) is 3.58. The van der Waals surface area contributed by atoms with Crippen molar-refractivity contribution < 1.29 is 9.59 Å². The highest BCUT2D eigenvalue weighted by Crippen LogP contribution is 2.11. The predicted molar refractivity (Wildman–Crippen MR) is 84.9 cm³/mol. The van der Waals surface area contributed by atoms with Gasteiger partial charge in [0.25, 0.3) is 0 Å². The summed E-state index contributed by atoms with van der Waals surface area (Å²) in [6.45, 7) is 4.50. The van der Waals surface area contributed by atoms with E-state index in [0.29, 0.717) is 19.4 Å². The van der Waals surface area contributed by atoms with Crippen LogP contribution < -0.4 is 5.32 Å². The zero-order valence-electron chi connectivity index (χ0n) is 13.3. The third-order valence-electron chi connectivity index (χ3n) is 3.58. The second kappa shape index (κ2) is 9.16. The second-order valence-corrected chi connectivity index (χ2v) is 5.11. The normalized spacial score (nSPS) is 11.8. The summed E-state index contributed by atoms with van der Waals surface area (Å²) in [5.74, 6) is -0.0288. The first-order chi connectivity index (χ1) is 10.1. The van der Waals surface area contributed by atoms with Crippen LogP contribution in [0.3, 0.4) is 0 Å². The average Bonchev–Trinajstić information content (AvgIpc) is 2.51. The Morgan fingerprint density at radius 1 is 1.19 bits per heavy atom. The fourth-order valence-electron chi connectivity index (χ4n) is 2.42. The largest absolute Gasteiger partial charge is 0.357 e. The molecule has 4 nitrogen and oxygen atoms in total. The molecule has 0 heterocycles. The molecule has 21 heavy (non-hydrogen) atoms. The van der Waals surface area contributed by atoms with Crippen molar-refractivity contribution in [3.05, 3.63) is 35.9 Å². The molecule has 1 N–H and O–H groups in total. The Kier molecular flexibility index (Phi) is 7.51. The first kappa shape index (κ1) is 17.2. The van der Waals surface area contributed by atoms with Gasteiger partial charge in [0.15, 0.2) is 0 Å². The van der Waals surface area contributed by atoms with E-state index in [4.69, 9.17) is 0 Å². The van der Waals surface area contributed by atoms with Gasteiger partial charge in [-0.15, -0.1) is 0 Å². The number of nitrogens with zero attached hydrogens (tertiary/aromatic N) is 1. The highest BCUT2D eigenvalue weighted by Gasteiger charge is 2.26. The van der Waals surface area contributed by atoms with Crippen molar-refractivity contribution in [1.82, 2.24) is 10.2 Å². The van der Waals surface area contributed by atoms with Crippen molar-refractivity contribution >= 4 is 11.8 Å². The van der Waals surface area contributed by atoms with Gasteiger partial charge >= 0.3 is 0 Å². The van der Waals surface area contributed by atoms with Gasteiger partial charge in [0.2, 0.25) is 11.8 Å². The van der Waals surface area contributed by atoms with Gasteiger partial charge in [0.1, 0.15) is 6.04 Å². The molecular formula is C17H26N2O2. The molecule has 0 bridgehead atoms. The predicted octanol–water partition coefficient (Wildman–Crippen LogP) is 2.38. The van der Waals surface area contributed by atoms with Gasteiger partial charge in [-0.05, 0) is 24.8 Å². The Balaban J connectivity index is 2.80. The van der Waals surface area contributed by atoms with Gasteiger partial charge in [-0.25, -0.2) is 0 Å². The lowest BCUT2D eigenvalue weighted by Gasteiger charge is -2.30. The van der Waals surface area contributed by atoms with Gasteiger partial charge in [-0.2, -0.15) is 0 Å². The highest BCUT2D eigenvalue weighted by atomic mass is 16.2. The summed E-state index contributed by atoms with van der Waals surface area (Å²) in [5.41, 5.74) is 1.18. The van der Waals surface area contributed by atoms with Gasteiger partial charge in [-0.3, -0.25) is 9.59 Å². The first-order valence-electron chi connectivity index (χ1n) is 7.69. The molecule has 1 aromatic rings. The minimum Gasteiger partial charge on any atom is -0.357 e. The molecule has 1 rings (SSSR count). The molecule has 0 saturated carbocycles. The van der Waals surface area contributed by atoms with Crippen LogP contribution >= 0.6 is 0 Å². The van der Waals surface area contributed by atoms with Gasteiger partial charge in [0, 0.05) is 20.0 Å². The van der Waals surface area contributed by atoms with Crippen molar-refractivity contribution in [2.75, 3.05) is 13.6 Å². The van der Waals surface area contributed by atoms with E-state index in [1.165, 1.54) is 5.56 Å². The Labute approximate surface area is 127 Å². The van der Waals surface area contributed by atoms with Crippen molar-refractivity contribution in [3.8, 4) is 0 Å². The zero-order valence-corrected chi connectivity index (χ0v) is 13.3. The smallest absolute Gasteiger partial charge is 0.242 e. The number of hydrogen-bond donors (Lipinski definition) is 1. The molecule has 0 radical (unpaired) electrons. The summed E-state index contributed by atoms with van der Waals surface area (Å²) in [7, 11) is 1.62. The molecule has 0 aliphatic rings.